The standard InChI is InChI=1S/C12H20O2/c1-9-7-11(9)12(13)14-8-10-5-3-2-4-6-10/h9-11H,2-8H2,1H3. The molecule has 80 valence electrons. The Morgan fingerprint density at radius 3 is 2.50 bits per heavy atom. The first kappa shape index (κ1) is 10.0. The highest BCUT2D eigenvalue weighted by molar-refractivity contribution is 5.75. The molecule has 0 aliphatic heterocycles. The highest BCUT2D eigenvalue weighted by Gasteiger charge is 2.40. The van der Waals surface area contributed by atoms with E-state index in [4.69, 9.17) is 4.74 Å². The minimum Gasteiger partial charge on any atom is -0.465 e. The van der Waals surface area contributed by atoms with Gasteiger partial charge in [-0.15, -0.1) is 0 Å². The van der Waals surface area contributed by atoms with Crippen molar-refractivity contribution in [1.82, 2.24) is 0 Å². The van der Waals surface area contributed by atoms with Crippen molar-refractivity contribution in [2.45, 2.75) is 45.4 Å². The Labute approximate surface area is 86.0 Å². The first-order valence-corrected chi connectivity index (χ1v) is 5.94. The summed E-state index contributed by atoms with van der Waals surface area (Å²) >= 11 is 0. The highest BCUT2D eigenvalue weighted by Crippen LogP contribution is 2.38. The molecule has 2 saturated carbocycles. The Bertz CT molecular complexity index is 206. The van der Waals surface area contributed by atoms with Gasteiger partial charge in [-0.2, -0.15) is 0 Å². The van der Waals surface area contributed by atoms with Crippen LogP contribution in [0.2, 0.25) is 0 Å². The van der Waals surface area contributed by atoms with Crippen LogP contribution >= 0.6 is 0 Å². The lowest BCUT2D eigenvalue weighted by Crippen LogP contribution is -2.17. The topological polar surface area (TPSA) is 26.3 Å². The molecule has 2 aliphatic carbocycles. The van der Waals surface area contributed by atoms with E-state index in [1.807, 2.05) is 0 Å². The molecule has 2 atom stereocenters. The van der Waals surface area contributed by atoms with Gasteiger partial charge in [0.05, 0.1) is 12.5 Å². The number of hydrogen-bond acceptors (Lipinski definition) is 2. The van der Waals surface area contributed by atoms with Crippen LogP contribution in [0.3, 0.4) is 0 Å². The van der Waals surface area contributed by atoms with Gasteiger partial charge in [-0.25, -0.2) is 0 Å². The Kier molecular flexibility index (Phi) is 3.09. The quantitative estimate of drug-likeness (QED) is 0.649. The van der Waals surface area contributed by atoms with Gasteiger partial charge in [0, 0.05) is 0 Å². The van der Waals surface area contributed by atoms with Gasteiger partial charge in [0.2, 0.25) is 0 Å². The molecule has 0 aromatic rings. The minimum atomic E-state index is 0.0584. The molecule has 14 heavy (non-hydrogen) atoms. The van der Waals surface area contributed by atoms with E-state index in [0.717, 1.165) is 6.42 Å². The van der Waals surface area contributed by atoms with Crippen molar-refractivity contribution in [1.29, 1.82) is 0 Å². The predicted octanol–water partition coefficient (Wildman–Crippen LogP) is 2.77. The second kappa shape index (κ2) is 4.33. The van der Waals surface area contributed by atoms with Crippen LogP contribution in [0.15, 0.2) is 0 Å². The monoisotopic (exact) mass is 196 g/mol. The number of carbonyl (C=O) groups is 1. The second-order valence-corrected chi connectivity index (χ2v) is 4.95. The van der Waals surface area contributed by atoms with Crippen LogP contribution < -0.4 is 0 Å². The van der Waals surface area contributed by atoms with Crippen LogP contribution in [0.1, 0.15) is 45.4 Å². The maximum Gasteiger partial charge on any atom is 0.309 e. The molecule has 0 N–H and O–H groups in total. The summed E-state index contributed by atoms with van der Waals surface area (Å²) in [5.41, 5.74) is 0. The minimum absolute atomic E-state index is 0.0584. The molecular formula is C12H20O2. The molecule has 0 aromatic heterocycles. The molecule has 0 radical (unpaired) electrons. The SMILES string of the molecule is CC1CC1C(=O)OCC1CCCCC1. The van der Waals surface area contributed by atoms with Crippen LogP contribution in [-0.4, -0.2) is 12.6 Å². The van der Waals surface area contributed by atoms with E-state index in [2.05, 4.69) is 6.92 Å². The smallest absolute Gasteiger partial charge is 0.309 e. The molecule has 0 aromatic carbocycles. The Hall–Kier alpha value is -0.530. The zero-order valence-electron chi connectivity index (χ0n) is 9.00. The third kappa shape index (κ3) is 2.49. The molecule has 2 rings (SSSR count). The maximum absolute atomic E-state index is 11.4. The summed E-state index contributed by atoms with van der Waals surface area (Å²) in [6, 6.07) is 0. The van der Waals surface area contributed by atoms with E-state index in [0.29, 0.717) is 18.4 Å². The third-order valence-corrected chi connectivity index (χ3v) is 3.60. The molecule has 0 spiro atoms. The molecular weight excluding hydrogens is 176 g/mol. The predicted molar refractivity (Wildman–Crippen MR) is 54.8 cm³/mol. The van der Waals surface area contributed by atoms with Crippen LogP contribution in [0.5, 0.6) is 0 Å². The fourth-order valence-corrected chi connectivity index (χ4v) is 2.31. The first-order valence-electron chi connectivity index (χ1n) is 5.94. The zero-order chi connectivity index (χ0) is 9.97. The van der Waals surface area contributed by atoms with E-state index in [9.17, 15) is 4.79 Å². The van der Waals surface area contributed by atoms with E-state index >= 15 is 0 Å². The van der Waals surface area contributed by atoms with Crippen molar-refractivity contribution >= 4 is 5.97 Å². The largest absolute Gasteiger partial charge is 0.465 e. The van der Waals surface area contributed by atoms with Gasteiger partial charge in [0.1, 0.15) is 0 Å². The Morgan fingerprint density at radius 1 is 1.29 bits per heavy atom. The average molecular weight is 196 g/mol. The average Bonchev–Trinajstić information content (AvgIpc) is 2.94. The van der Waals surface area contributed by atoms with E-state index < -0.39 is 0 Å². The summed E-state index contributed by atoms with van der Waals surface area (Å²) in [5.74, 6) is 1.53. The lowest BCUT2D eigenvalue weighted by atomic mass is 9.90. The van der Waals surface area contributed by atoms with Crippen LogP contribution in [0, 0.1) is 17.8 Å². The van der Waals surface area contributed by atoms with Crippen LogP contribution in [0.4, 0.5) is 0 Å². The Morgan fingerprint density at radius 2 is 1.93 bits per heavy atom. The summed E-state index contributed by atoms with van der Waals surface area (Å²) in [7, 11) is 0. The second-order valence-electron chi connectivity index (χ2n) is 4.95. The van der Waals surface area contributed by atoms with Crippen molar-refractivity contribution in [3.05, 3.63) is 0 Å². The molecule has 0 amide bonds. The van der Waals surface area contributed by atoms with Gasteiger partial charge in [-0.1, -0.05) is 26.2 Å². The molecule has 2 aliphatic rings. The van der Waals surface area contributed by atoms with Gasteiger partial charge >= 0.3 is 5.97 Å². The maximum atomic E-state index is 11.4. The van der Waals surface area contributed by atoms with E-state index in [1.54, 1.807) is 0 Å². The lowest BCUT2D eigenvalue weighted by Gasteiger charge is -2.20. The van der Waals surface area contributed by atoms with Crippen molar-refractivity contribution in [2.24, 2.45) is 17.8 Å². The van der Waals surface area contributed by atoms with Gasteiger partial charge in [0.25, 0.3) is 0 Å². The third-order valence-electron chi connectivity index (χ3n) is 3.60. The zero-order valence-corrected chi connectivity index (χ0v) is 9.00. The number of rotatable bonds is 3. The van der Waals surface area contributed by atoms with Gasteiger partial charge in [-0.3, -0.25) is 4.79 Å². The molecule has 2 nitrogen and oxygen atoms in total. The number of hydrogen-bond donors (Lipinski definition) is 0. The highest BCUT2D eigenvalue weighted by atomic mass is 16.5. The molecule has 0 heterocycles. The fourth-order valence-electron chi connectivity index (χ4n) is 2.31. The normalized spacial score (nSPS) is 32.6. The molecule has 0 bridgehead atoms. The summed E-state index contributed by atoms with van der Waals surface area (Å²) in [6.45, 7) is 2.80. The van der Waals surface area contributed by atoms with Crippen LogP contribution in [-0.2, 0) is 9.53 Å². The van der Waals surface area contributed by atoms with E-state index in [-0.39, 0.29) is 11.9 Å². The van der Waals surface area contributed by atoms with E-state index in [1.165, 1.54) is 32.1 Å². The van der Waals surface area contributed by atoms with Gasteiger partial charge in [0.15, 0.2) is 0 Å². The van der Waals surface area contributed by atoms with Crippen molar-refractivity contribution < 1.29 is 9.53 Å². The molecule has 2 unspecified atom stereocenters. The summed E-state index contributed by atoms with van der Waals surface area (Å²) in [5, 5.41) is 0. The first-order chi connectivity index (χ1) is 6.77. The lowest BCUT2D eigenvalue weighted by molar-refractivity contribution is -0.147. The fraction of sp³-hybridized carbons (Fsp3) is 0.917. The summed E-state index contributed by atoms with van der Waals surface area (Å²) in [4.78, 5) is 11.4. The van der Waals surface area contributed by atoms with Crippen molar-refractivity contribution in [3.8, 4) is 0 Å². The van der Waals surface area contributed by atoms with Gasteiger partial charge in [-0.05, 0) is 31.1 Å². The molecule has 2 fully saturated rings. The summed E-state index contributed by atoms with van der Waals surface area (Å²) < 4.78 is 5.34. The van der Waals surface area contributed by atoms with Crippen molar-refractivity contribution in [2.75, 3.05) is 6.61 Å². The Balaban J connectivity index is 1.63. The number of esters is 1. The summed E-state index contributed by atoms with van der Waals surface area (Å²) in [6.07, 6.45) is 7.57. The molecule has 0 saturated heterocycles. The number of carbonyl (C=O) groups excluding carboxylic acids is 1. The van der Waals surface area contributed by atoms with Crippen molar-refractivity contribution in [3.63, 3.8) is 0 Å². The van der Waals surface area contributed by atoms with Crippen LogP contribution in [0.25, 0.3) is 0 Å². The number of ether oxygens (including phenoxy) is 1. The molecule has 2 heteroatoms. The van der Waals surface area contributed by atoms with Gasteiger partial charge < -0.3 is 4.74 Å².